The number of esters is 1. The summed E-state index contributed by atoms with van der Waals surface area (Å²) in [4.78, 5) is 11.4. The van der Waals surface area contributed by atoms with Gasteiger partial charge in [-0.3, -0.25) is 0 Å². The fourth-order valence-corrected chi connectivity index (χ4v) is 1.81. The zero-order valence-corrected chi connectivity index (χ0v) is 10.2. The second-order valence-corrected chi connectivity index (χ2v) is 3.85. The average molecular weight is 289 g/mol. The third-order valence-electron chi connectivity index (χ3n) is 1.86. The first-order valence-corrected chi connectivity index (χ1v) is 5.33. The third-order valence-corrected chi connectivity index (χ3v) is 2.81. The molecule has 0 spiro atoms. The van der Waals surface area contributed by atoms with Gasteiger partial charge in [0.15, 0.2) is 0 Å². The van der Waals surface area contributed by atoms with Crippen LogP contribution >= 0.6 is 27.5 Å². The number of hydrogen-bond donors (Lipinski definition) is 0. The van der Waals surface area contributed by atoms with Crippen LogP contribution in [-0.4, -0.2) is 13.1 Å². The molecule has 0 N–H and O–H groups in total. The number of rotatable bonds is 2. The highest BCUT2D eigenvalue weighted by atomic mass is 79.9. The van der Waals surface area contributed by atoms with Gasteiger partial charge in [-0.15, -0.1) is 11.6 Å². The molecular weight excluding hydrogens is 281 g/mol. The van der Waals surface area contributed by atoms with Gasteiger partial charge in [-0.1, -0.05) is 0 Å². The molecule has 0 aromatic heterocycles. The van der Waals surface area contributed by atoms with E-state index in [1.165, 1.54) is 13.2 Å². The highest BCUT2D eigenvalue weighted by Gasteiger charge is 2.14. The van der Waals surface area contributed by atoms with E-state index in [1.807, 2.05) is 6.07 Å². The van der Waals surface area contributed by atoms with Crippen LogP contribution in [0.15, 0.2) is 16.6 Å². The number of methoxy groups -OCH3 is 1. The summed E-state index contributed by atoms with van der Waals surface area (Å²) in [6.07, 6.45) is 0. The number of hydrogen-bond acceptors (Lipinski definition) is 3. The molecule has 0 aliphatic heterocycles. The Labute approximate surface area is 101 Å². The van der Waals surface area contributed by atoms with Crippen LogP contribution in [-0.2, 0) is 10.6 Å². The minimum absolute atomic E-state index is 0.189. The number of carbonyl (C=O) groups excluding carboxylic acids is 1. The first kappa shape index (κ1) is 12.0. The number of ether oxygens (including phenoxy) is 1. The van der Waals surface area contributed by atoms with Crippen LogP contribution in [0.4, 0.5) is 0 Å². The number of carbonyl (C=O) groups is 1. The number of nitriles is 1. The van der Waals surface area contributed by atoms with Crippen LogP contribution in [0.25, 0.3) is 0 Å². The SMILES string of the molecule is COC(=O)c1cc(C#N)c(Br)cc1CCl. The minimum Gasteiger partial charge on any atom is -0.465 e. The summed E-state index contributed by atoms with van der Waals surface area (Å²) in [6, 6.07) is 5.08. The molecule has 1 aromatic carbocycles. The Hall–Kier alpha value is -1.05. The van der Waals surface area contributed by atoms with Crippen LogP contribution in [0.5, 0.6) is 0 Å². The number of halogens is 2. The highest BCUT2D eigenvalue weighted by molar-refractivity contribution is 9.10. The van der Waals surface area contributed by atoms with Gasteiger partial charge in [-0.25, -0.2) is 4.79 Å². The van der Waals surface area contributed by atoms with Crippen molar-refractivity contribution in [1.29, 1.82) is 5.26 Å². The van der Waals surface area contributed by atoms with Crippen LogP contribution in [0.1, 0.15) is 21.5 Å². The lowest BCUT2D eigenvalue weighted by atomic mass is 10.1. The predicted molar refractivity (Wildman–Crippen MR) is 59.8 cm³/mol. The van der Waals surface area contributed by atoms with Gasteiger partial charge in [-0.05, 0) is 33.6 Å². The Balaban J connectivity index is 3.36. The maximum atomic E-state index is 11.4. The molecule has 0 aliphatic rings. The monoisotopic (exact) mass is 287 g/mol. The van der Waals surface area contributed by atoms with Crippen molar-refractivity contribution in [3.8, 4) is 6.07 Å². The molecule has 1 aromatic rings. The first-order chi connectivity index (χ1) is 7.13. The molecule has 3 nitrogen and oxygen atoms in total. The van der Waals surface area contributed by atoms with Gasteiger partial charge >= 0.3 is 5.97 Å². The Morgan fingerprint density at radius 1 is 1.67 bits per heavy atom. The van der Waals surface area contributed by atoms with Crippen molar-refractivity contribution in [2.75, 3.05) is 7.11 Å². The third kappa shape index (κ3) is 2.49. The van der Waals surface area contributed by atoms with Crippen LogP contribution in [0.2, 0.25) is 0 Å². The van der Waals surface area contributed by atoms with Crippen molar-refractivity contribution < 1.29 is 9.53 Å². The van der Waals surface area contributed by atoms with Gasteiger partial charge in [-0.2, -0.15) is 5.26 Å². The molecular formula is C10H7BrClNO2. The van der Waals surface area contributed by atoms with Gasteiger partial charge in [0.05, 0.1) is 18.2 Å². The van der Waals surface area contributed by atoms with E-state index in [9.17, 15) is 4.79 Å². The quantitative estimate of drug-likeness (QED) is 0.621. The maximum absolute atomic E-state index is 11.4. The van der Waals surface area contributed by atoms with Gasteiger partial charge in [0.1, 0.15) is 6.07 Å². The van der Waals surface area contributed by atoms with Gasteiger partial charge in [0.2, 0.25) is 0 Å². The molecule has 5 heteroatoms. The largest absolute Gasteiger partial charge is 0.465 e. The minimum atomic E-state index is -0.491. The molecule has 0 amide bonds. The Bertz CT molecular complexity index is 440. The number of benzene rings is 1. The maximum Gasteiger partial charge on any atom is 0.338 e. The number of nitrogens with zero attached hydrogens (tertiary/aromatic N) is 1. The molecule has 78 valence electrons. The first-order valence-electron chi connectivity index (χ1n) is 4.00. The lowest BCUT2D eigenvalue weighted by Crippen LogP contribution is -2.05. The molecule has 15 heavy (non-hydrogen) atoms. The predicted octanol–water partition coefficient (Wildman–Crippen LogP) is 2.85. The lowest BCUT2D eigenvalue weighted by molar-refractivity contribution is 0.0599. The normalized spacial score (nSPS) is 9.47. The summed E-state index contributed by atoms with van der Waals surface area (Å²) in [5.41, 5.74) is 1.34. The standard InChI is InChI=1S/C10H7BrClNO2/c1-15-10(14)8-2-7(5-13)9(11)3-6(8)4-12/h2-3H,4H2,1H3. The highest BCUT2D eigenvalue weighted by Crippen LogP contribution is 2.23. The Morgan fingerprint density at radius 3 is 2.80 bits per heavy atom. The van der Waals surface area contributed by atoms with E-state index in [1.54, 1.807) is 6.07 Å². The van der Waals surface area contributed by atoms with Crippen LogP contribution < -0.4 is 0 Å². The van der Waals surface area contributed by atoms with E-state index in [-0.39, 0.29) is 5.88 Å². The smallest absolute Gasteiger partial charge is 0.338 e. The Morgan fingerprint density at radius 2 is 2.33 bits per heavy atom. The molecule has 0 fully saturated rings. The fraction of sp³-hybridized carbons (Fsp3) is 0.200. The van der Waals surface area contributed by atoms with Crippen LogP contribution in [0.3, 0.4) is 0 Å². The summed E-state index contributed by atoms with van der Waals surface area (Å²) < 4.78 is 5.21. The van der Waals surface area contributed by atoms with Gasteiger partial charge in [0, 0.05) is 10.4 Å². The summed E-state index contributed by atoms with van der Waals surface area (Å²) >= 11 is 8.91. The van der Waals surface area contributed by atoms with Crippen molar-refractivity contribution in [3.05, 3.63) is 33.3 Å². The van der Waals surface area contributed by atoms with Crippen molar-refractivity contribution in [2.24, 2.45) is 0 Å². The molecule has 0 saturated heterocycles. The van der Waals surface area contributed by atoms with E-state index < -0.39 is 5.97 Å². The zero-order valence-electron chi connectivity index (χ0n) is 7.88. The van der Waals surface area contributed by atoms with Gasteiger partial charge in [0.25, 0.3) is 0 Å². The van der Waals surface area contributed by atoms with Crippen molar-refractivity contribution in [2.45, 2.75) is 5.88 Å². The molecule has 0 aliphatic carbocycles. The van der Waals surface area contributed by atoms with Crippen LogP contribution in [0, 0.1) is 11.3 Å². The lowest BCUT2D eigenvalue weighted by Gasteiger charge is -2.06. The fourth-order valence-electron chi connectivity index (χ4n) is 1.11. The van der Waals surface area contributed by atoms with Gasteiger partial charge < -0.3 is 4.74 Å². The molecule has 0 heterocycles. The Kier molecular flexibility index (Phi) is 4.13. The molecule has 0 radical (unpaired) electrons. The second kappa shape index (κ2) is 5.15. The number of alkyl halides is 1. The van der Waals surface area contributed by atoms with E-state index in [4.69, 9.17) is 16.9 Å². The van der Waals surface area contributed by atoms with E-state index >= 15 is 0 Å². The molecule has 1 rings (SSSR count). The molecule has 0 atom stereocenters. The van der Waals surface area contributed by atoms with Crippen molar-refractivity contribution >= 4 is 33.5 Å². The van der Waals surface area contributed by atoms with E-state index in [0.29, 0.717) is 21.2 Å². The molecule has 0 bridgehead atoms. The summed E-state index contributed by atoms with van der Waals surface area (Å²) in [5.74, 6) is -0.302. The van der Waals surface area contributed by atoms with E-state index in [2.05, 4.69) is 20.7 Å². The summed E-state index contributed by atoms with van der Waals surface area (Å²) in [6.45, 7) is 0. The van der Waals surface area contributed by atoms with Crippen molar-refractivity contribution in [1.82, 2.24) is 0 Å². The molecule has 0 unspecified atom stereocenters. The van der Waals surface area contributed by atoms with Crippen molar-refractivity contribution in [3.63, 3.8) is 0 Å². The zero-order chi connectivity index (χ0) is 11.4. The second-order valence-electron chi connectivity index (χ2n) is 2.73. The summed E-state index contributed by atoms with van der Waals surface area (Å²) in [7, 11) is 1.29. The summed E-state index contributed by atoms with van der Waals surface area (Å²) in [5, 5.41) is 8.80. The topological polar surface area (TPSA) is 50.1 Å². The molecule has 0 saturated carbocycles. The average Bonchev–Trinajstić information content (AvgIpc) is 2.27. The van der Waals surface area contributed by atoms with E-state index in [0.717, 1.165) is 0 Å².